The number of carbonyl (C=O) groups excluding carboxylic acids is 4. The summed E-state index contributed by atoms with van der Waals surface area (Å²) < 4.78 is 5.34. The van der Waals surface area contributed by atoms with Gasteiger partial charge < -0.3 is 35.8 Å². The van der Waals surface area contributed by atoms with E-state index in [4.69, 9.17) is 10.5 Å². The molecule has 2 atom stereocenters. The summed E-state index contributed by atoms with van der Waals surface area (Å²) in [7, 11) is 0. The Kier molecular flexibility index (Phi) is 9.37. The topological polar surface area (TPSA) is 137 Å². The Bertz CT molecular complexity index is 735. The molecule has 1 aliphatic carbocycles. The summed E-state index contributed by atoms with van der Waals surface area (Å²) >= 11 is 0. The summed E-state index contributed by atoms with van der Waals surface area (Å²) in [5, 5.41) is 5.66. The third kappa shape index (κ3) is 6.97. The molecule has 11 heteroatoms. The lowest BCUT2D eigenvalue weighted by atomic mass is 9.84. The molecule has 2 aliphatic heterocycles. The minimum Gasteiger partial charge on any atom is -0.378 e. The molecule has 3 rings (SSSR count). The highest BCUT2D eigenvalue weighted by Gasteiger charge is 2.40. The van der Waals surface area contributed by atoms with Crippen LogP contribution in [0.5, 0.6) is 0 Å². The normalized spacial score (nSPS) is 22.9. The van der Waals surface area contributed by atoms with Gasteiger partial charge >= 0.3 is 12.1 Å². The molecule has 192 valence electrons. The fourth-order valence-corrected chi connectivity index (χ4v) is 4.97. The van der Waals surface area contributed by atoms with Crippen LogP contribution in [0.1, 0.15) is 52.4 Å². The quantitative estimate of drug-likeness (QED) is 0.508. The molecule has 6 amide bonds. The second kappa shape index (κ2) is 12.2. The summed E-state index contributed by atoms with van der Waals surface area (Å²) in [6.45, 7) is 6.12. The number of primary amides is 1. The molecule has 3 aliphatic rings. The number of nitrogens with two attached hydrogens (primary N) is 1. The number of nitrogens with one attached hydrogen (secondary N) is 2. The summed E-state index contributed by atoms with van der Waals surface area (Å²) in [6, 6.07) is -2.29. The van der Waals surface area contributed by atoms with Gasteiger partial charge in [-0.3, -0.25) is 9.59 Å². The van der Waals surface area contributed by atoms with E-state index in [1.165, 1.54) is 11.3 Å². The van der Waals surface area contributed by atoms with Gasteiger partial charge in [-0.1, -0.05) is 32.1 Å². The van der Waals surface area contributed by atoms with E-state index < -0.39 is 23.9 Å². The lowest BCUT2D eigenvalue weighted by molar-refractivity contribution is -0.132. The van der Waals surface area contributed by atoms with Gasteiger partial charge in [0, 0.05) is 32.2 Å². The highest BCUT2D eigenvalue weighted by molar-refractivity contribution is 5.92. The molecule has 3 fully saturated rings. The second-order valence-corrected chi connectivity index (χ2v) is 9.84. The third-order valence-electron chi connectivity index (χ3n) is 6.86. The molecule has 4 N–H and O–H groups in total. The maximum absolute atomic E-state index is 13.4. The van der Waals surface area contributed by atoms with E-state index in [0.717, 1.165) is 25.7 Å². The van der Waals surface area contributed by atoms with Crippen LogP contribution < -0.4 is 16.4 Å². The van der Waals surface area contributed by atoms with Crippen LogP contribution in [0, 0.1) is 5.92 Å². The van der Waals surface area contributed by atoms with Crippen LogP contribution in [-0.2, 0) is 14.3 Å². The maximum Gasteiger partial charge on any atom is 0.320 e. The Morgan fingerprint density at radius 3 is 2.24 bits per heavy atom. The van der Waals surface area contributed by atoms with Gasteiger partial charge in [0.2, 0.25) is 11.8 Å². The Labute approximate surface area is 201 Å². The van der Waals surface area contributed by atoms with Crippen molar-refractivity contribution in [3.8, 4) is 0 Å². The van der Waals surface area contributed by atoms with E-state index >= 15 is 0 Å². The number of piperazine rings is 1. The van der Waals surface area contributed by atoms with Crippen LogP contribution >= 0.6 is 0 Å². The van der Waals surface area contributed by atoms with Gasteiger partial charge in [-0.05, 0) is 26.2 Å². The van der Waals surface area contributed by atoms with Gasteiger partial charge in [0.15, 0.2) is 0 Å². The molecular formula is C23H40N6O5. The monoisotopic (exact) mass is 480 g/mol. The molecule has 0 aromatic rings. The molecule has 1 saturated carbocycles. The molecule has 0 radical (unpaired) electrons. The summed E-state index contributed by atoms with van der Waals surface area (Å²) in [6.07, 6.45) is 5.98. The van der Waals surface area contributed by atoms with Crippen molar-refractivity contribution < 1.29 is 23.9 Å². The number of hydrogen-bond donors (Lipinski definition) is 3. The number of nitrogens with zero attached hydrogens (tertiary/aromatic N) is 3. The van der Waals surface area contributed by atoms with Gasteiger partial charge in [-0.15, -0.1) is 0 Å². The van der Waals surface area contributed by atoms with Crippen LogP contribution in [0.25, 0.3) is 0 Å². The zero-order chi connectivity index (χ0) is 24.7. The summed E-state index contributed by atoms with van der Waals surface area (Å²) in [5.74, 6) is -0.684. The average Bonchev–Trinajstić information content (AvgIpc) is 2.83. The fourth-order valence-electron chi connectivity index (χ4n) is 4.97. The Morgan fingerprint density at radius 2 is 1.62 bits per heavy atom. The first-order valence-electron chi connectivity index (χ1n) is 12.5. The standard InChI is InChI=1S/C23H40N6O5/c1-16(2)25-22(32)28-8-9-29(23(33)27-10-12-34-13-11-27)19(15-28)21(31)26-18(20(24)30)14-17-6-4-3-5-7-17/h16-19H,3-15H2,1-2H3,(H2,24,30)(H,25,32)(H,26,31). The van der Waals surface area contributed by atoms with Crippen molar-refractivity contribution in [2.24, 2.45) is 11.7 Å². The lowest BCUT2D eigenvalue weighted by Crippen LogP contribution is -2.66. The van der Waals surface area contributed by atoms with E-state index in [-0.39, 0.29) is 31.2 Å². The first-order valence-corrected chi connectivity index (χ1v) is 12.5. The average molecular weight is 481 g/mol. The van der Waals surface area contributed by atoms with E-state index in [1.54, 1.807) is 9.80 Å². The second-order valence-electron chi connectivity index (χ2n) is 9.84. The van der Waals surface area contributed by atoms with Crippen molar-refractivity contribution in [1.29, 1.82) is 0 Å². The predicted molar refractivity (Wildman–Crippen MR) is 126 cm³/mol. The van der Waals surface area contributed by atoms with Gasteiger partial charge in [-0.25, -0.2) is 9.59 Å². The fraction of sp³-hybridized carbons (Fsp3) is 0.826. The number of amides is 6. The Balaban J connectivity index is 1.73. The van der Waals surface area contributed by atoms with Crippen molar-refractivity contribution in [2.75, 3.05) is 45.9 Å². The molecular weight excluding hydrogens is 440 g/mol. The van der Waals surface area contributed by atoms with E-state index in [0.29, 0.717) is 45.2 Å². The first-order chi connectivity index (χ1) is 16.3. The van der Waals surface area contributed by atoms with Crippen molar-refractivity contribution >= 4 is 23.9 Å². The van der Waals surface area contributed by atoms with Gasteiger partial charge in [0.1, 0.15) is 12.1 Å². The van der Waals surface area contributed by atoms with Crippen LogP contribution in [-0.4, -0.2) is 103 Å². The van der Waals surface area contributed by atoms with E-state index in [2.05, 4.69) is 10.6 Å². The van der Waals surface area contributed by atoms with Crippen molar-refractivity contribution in [2.45, 2.75) is 70.5 Å². The SMILES string of the molecule is CC(C)NC(=O)N1CCN(C(=O)N2CCOCC2)C(C(=O)NC(CC2CCCCC2)C(N)=O)C1. The molecule has 11 nitrogen and oxygen atoms in total. The molecule has 2 saturated heterocycles. The van der Waals surface area contributed by atoms with Gasteiger partial charge in [0.05, 0.1) is 19.8 Å². The highest BCUT2D eigenvalue weighted by atomic mass is 16.5. The Morgan fingerprint density at radius 1 is 0.941 bits per heavy atom. The molecule has 2 unspecified atom stereocenters. The number of ether oxygens (including phenoxy) is 1. The third-order valence-corrected chi connectivity index (χ3v) is 6.86. The molecule has 2 heterocycles. The predicted octanol–water partition coefficient (Wildman–Crippen LogP) is 0.483. The lowest BCUT2D eigenvalue weighted by Gasteiger charge is -2.43. The van der Waals surface area contributed by atoms with Crippen LogP contribution in [0.15, 0.2) is 0 Å². The van der Waals surface area contributed by atoms with Crippen LogP contribution in [0.4, 0.5) is 9.59 Å². The largest absolute Gasteiger partial charge is 0.378 e. The molecule has 0 spiro atoms. The number of hydrogen-bond acceptors (Lipinski definition) is 5. The zero-order valence-electron chi connectivity index (χ0n) is 20.5. The van der Waals surface area contributed by atoms with Crippen molar-refractivity contribution in [1.82, 2.24) is 25.3 Å². The zero-order valence-corrected chi connectivity index (χ0v) is 20.5. The smallest absolute Gasteiger partial charge is 0.320 e. The molecule has 34 heavy (non-hydrogen) atoms. The number of rotatable bonds is 6. The minimum atomic E-state index is -0.907. The number of carbonyl (C=O) groups is 4. The van der Waals surface area contributed by atoms with Gasteiger partial charge in [-0.2, -0.15) is 0 Å². The maximum atomic E-state index is 13.4. The summed E-state index contributed by atoms with van der Waals surface area (Å²) in [4.78, 5) is 56.2. The minimum absolute atomic E-state index is 0.0510. The number of morpholine rings is 1. The molecule has 0 aromatic carbocycles. The highest BCUT2D eigenvalue weighted by Crippen LogP contribution is 2.27. The van der Waals surface area contributed by atoms with E-state index in [1.807, 2.05) is 13.8 Å². The van der Waals surface area contributed by atoms with Gasteiger partial charge in [0.25, 0.3) is 0 Å². The molecule has 0 aromatic heterocycles. The van der Waals surface area contributed by atoms with Crippen LogP contribution in [0.3, 0.4) is 0 Å². The van der Waals surface area contributed by atoms with Crippen molar-refractivity contribution in [3.05, 3.63) is 0 Å². The first kappa shape index (κ1) is 26.1. The number of urea groups is 2. The Hall–Kier alpha value is -2.56. The summed E-state index contributed by atoms with van der Waals surface area (Å²) in [5.41, 5.74) is 5.64. The van der Waals surface area contributed by atoms with Crippen LogP contribution in [0.2, 0.25) is 0 Å². The van der Waals surface area contributed by atoms with E-state index in [9.17, 15) is 19.2 Å². The molecule has 0 bridgehead atoms. The van der Waals surface area contributed by atoms with Crippen molar-refractivity contribution in [3.63, 3.8) is 0 Å².